The Bertz CT molecular complexity index is 1000. The fourth-order valence-corrected chi connectivity index (χ4v) is 5.70. The fourth-order valence-electron chi connectivity index (χ4n) is 5.70. The normalized spacial score (nSPS) is 25.5. The highest BCUT2D eigenvalue weighted by atomic mass is 35.5. The molecule has 2 unspecified atom stereocenters. The molecule has 2 aliphatic rings. The first-order chi connectivity index (χ1) is 12.9. The monoisotopic (exact) mass is 393 g/mol. The Morgan fingerprint density at radius 1 is 0.893 bits per heavy atom. The van der Waals surface area contributed by atoms with Crippen LogP contribution >= 0.6 is 12.4 Å². The highest BCUT2D eigenvalue weighted by Crippen LogP contribution is 2.53. The summed E-state index contributed by atoms with van der Waals surface area (Å²) in [6.45, 7) is 8.40. The number of aromatic nitrogens is 2. The molecule has 1 aliphatic heterocycles. The second-order valence-electron chi connectivity index (χ2n) is 9.60. The molecule has 1 aliphatic carbocycles. The summed E-state index contributed by atoms with van der Waals surface area (Å²) in [4.78, 5) is 12.6. The van der Waals surface area contributed by atoms with E-state index in [4.69, 9.17) is 9.97 Å². The SMILES string of the molecule is CC1(C)CC2CC(C)(CN2c2nc(-c3ccccc3)nc3ccccc23)C1.Cl. The first kappa shape index (κ1) is 19.2. The van der Waals surface area contributed by atoms with E-state index >= 15 is 0 Å². The number of para-hydroxylation sites is 1. The van der Waals surface area contributed by atoms with Crippen molar-refractivity contribution in [2.45, 2.75) is 46.1 Å². The number of nitrogens with zero attached hydrogens (tertiary/aromatic N) is 3. The third-order valence-electron chi connectivity index (χ3n) is 6.30. The molecule has 146 valence electrons. The lowest BCUT2D eigenvalue weighted by atomic mass is 9.65. The Labute approximate surface area is 173 Å². The molecule has 1 aromatic heterocycles. The van der Waals surface area contributed by atoms with E-state index in [0.717, 1.165) is 29.3 Å². The minimum absolute atomic E-state index is 0. The van der Waals surface area contributed by atoms with Crippen LogP contribution in [0.1, 0.15) is 40.0 Å². The van der Waals surface area contributed by atoms with Crippen LogP contribution in [0.3, 0.4) is 0 Å². The zero-order valence-electron chi connectivity index (χ0n) is 16.9. The summed E-state index contributed by atoms with van der Waals surface area (Å²) in [5.74, 6) is 1.95. The lowest BCUT2D eigenvalue weighted by Gasteiger charge is -2.39. The Balaban J connectivity index is 0.00000192. The molecule has 0 spiro atoms. The van der Waals surface area contributed by atoms with E-state index in [-0.39, 0.29) is 12.4 Å². The third-order valence-corrected chi connectivity index (χ3v) is 6.30. The number of hydrogen-bond donors (Lipinski definition) is 0. The number of hydrogen-bond acceptors (Lipinski definition) is 3. The average molecular weight is 394 g/mol. The van der Waals surface area contributed by atoms with E-state index in [1.165, 1.54) is 24.6 Å². The lowest BCUT2D eigenvalue weighted by molar-refractivity contribution is 0.136. The zero-order chi connectivity index (χ0) is 18.6. The van der Waals surface area contributed by atoms with Crippen molar-refractivity contribution in [3.8, 4) is 11.4 Å². The highest BCUT2D eigenvalue weighted by Gasteiger charge is 2.50. The summed E-state index contributed by atoms with van der Waals surface area (Å²) >= 11 is 0. The molecule has 4 heteroatoms. The van der Waals surface area contributed by atoms with E-state index in [2.05, 4.69) is 74.2 Å². The van der Waals surface area contributed by atoms with Crippen molar-refractivity contribution in [3.63, 3.8) is 0 Å². The zero-order valence-corrected chi connectivity index (χ0v) is 17.7. The van der Waals surface area contributed by atoms with Crippen LogP contribution in [-0.4, -0.2) is 22.6 Å². The van der Waals surface area contributed by atoms with Crippen molar-refractivity contribution in [3.05, 3.63) is 54.6 Å². The van der Waals surface area contributed by atoms with Crippen molar-refractivity contribution in [2.24, 2.45) is 10.8 Å². The fraction of sp³-hybridized carbons (Fsp3) is 0.417. The Morgan fingerprint density at radius 3 is 2.39 bits per heavy atom. The molecule has 5 rings (SSSR count). The van der Waals surface area contributed by atoms with Crippen LogP contribution in [0.15, 0.2) is 54.6 Å². The lowest BCUT2D eigenvalue weighted by Crippen LogP contribution is -2.35. The van der Waals surface area contributed by atoms with Crippen LogP contribution in [0.5, 0.6) is 0 Å². The van der Waals surface area contributed by atoms with Gasteiger partial charge < -0.3 is 4.90 Å². The maximum atomic E-state index is 5.11. The molecule has 3 nitrogen and oxygen atoms in total. The van der Waals surface area contributed by atoms with Gasteiger partial charge in [0.05, 0.1) is 5.52 Å². The van der Waals surface area contributed by atoms with Gasteiger partial charge in [0.25, 0.3) is 0 Å². The van der Waals surface area contributed by atoms with Gasteiger partial charge in [0.15, 0.2) is 5.82 Å². The smallest absolute Gasteiger partial charge is 0.162 e. The topological polar surface area (TPSA) is 29.0 Å². The molecule has 0 N–H and O–H groups in total. The molecule has 0 amide bonds. The van der Waals surface area contributed by atoms with Gasteiger partial charge >= 0.3 is 0 Å². The minimum Gasteiger partial charge on any atom is -0.352 e. The van der Waals surface area contributed by atoms with Gasteiger partial charge in [0.1, 0.15) is 5.82 Å². The molecular weight excluding hydrogens is 366 g/mol. The number of fused-ring (bicyclic) bond motifs is 3. The summed E-state index contributed by atoms with van der Waals surface area (Å²) in [7, 11) is 0. The standard InChI is InChI=1S/C24H27N3.ClH/c1-23(2)13-18-14-24(3,15-23)16-27(18)22-19-11-7-8-12-20(19)25-21(26-22)17-9-5-4-6-10-17;/h4-12,18H,13-16H2,1-3H3;1H. The van der Waals surface area contributed by atoms with Crippen LogP contribution in [0, 0.1) is 10.8 Å². The number of rotatable bonds is 2. The van der Waals surface area contributed by atoms with Crippen LogP contribution in [0.2, 0.25) is 0 Å². The van der Waals surface area contributed by atoms with Crippen LogP contribution in [0.25, 0.3) is 22.3 Å². The van der Waals surface area contributed by atoms with Crippen LogP contribution < -0.4 is 4.90 Å². The largest absolute Gasteiger partial charge is 0.352 e. The summed E-state index contributed by atoms with van der Waals surface area (Å²) in [6, 6.07) is 19.4. The summed E-state index contributed by atoms with van der Waals surface area (Å²) in [5, 5.41) is 1.17. The third kappa shape index (κ3) is 3.26. The molecule has 3 aromatic rings. The van der Waals surface area contributed by atoms with Crippen molar-refractivity contribution in [1.29, 1.82) is 0 Å². The van der Waals surface area contributed by atoms with Crippen LogP contribution in [0.4, 0.5) is 5.82 Å². The van der Waals surface area contributed by atoms with Gasteiger partial charge in [-0.25, -0.2) is 9.97 Å². The summed E-state index contributed by atoms with van der Waals surface area (Å²) < 4.78 is 0. The van der Waals surface area contributed by atoms with E-state index in [0.29, 0.717) is 16.9 Å². The minimum atomic E-state index is 0. The number of anilines is 1. The predicted molar refractivity (Wildman–Crippen MR) is 119 cm³/mol. The van der Waals surface area contributed by atoms with Crippen molar-refractivity contribution in [1.82, 2.24) is 9.97 Å². The molecule has 28 heavy (non-hydrogen) atoms. The molecule has 2 heterocycles. The van der Waals surface area contributed by atoms with E-state index in [1.54, 1.807) is 0 Å². The quantitative estimate of drug-likeness (QED) is 0.524. The average Bonchev–Trinajstić information content (AvgIpc) is 2.90. The highest BCUT2D eigenvalue weighted by molar-refractivity contribution is 5.91. The Morgan fingerprint density at radius 2 is 1.61 bits per heavy atom. The molecule has 0 radical (unpaired) electrons. The first-order valence-corrected chi connectivity index (χ1v) is 10.0. The Hall–Kier alpha value is -2.13. The van der Waals surface area contributed by atoms with Gasteiger partial charge in [0.2, 0.25) is 0 Å². The van der Waals surface area contributed by atoms with Crippen molar-refractivity contribution in [2.75, 3.05) is 11.4 Å². The molecule has 1 saturated carbocycles. The van der Waals surface area contributed by atoms with E-state index in [9.17, 15) is 0 Å². The van der Waals surface area contributed by atoms with Gasteiger partial charge in [-0.15, -0.1) is 12.4 Å². The van der Waals surface area contributed by atoms with E-state index < -0.39 is 0 Å². The molecule has 2 atom stereocenters. The summed E-state index contributed by atoms with van der Waals surface area (Å²) in [5.41, 5.74) is 2.90. The van der Waals surface area contributed by atoms with Crippen molar-refractivity contribution < 1.29 is 0 Å². The predicted octanol–water partition coefficient (Wildman–Crippen LogP) is 6.12. The first-order valence-electron chi connectivity index (χ1n) is 10.0. The maximum absolute atomic E-state index is 5.11. The molecule has 1 saturated heterocycles. The molecule has 2 fully saturated rings. The van der Waals surface area contributed by atoms with Gasteiger partial charge in [-0.05, 0) is 42.2 Å². The van der Waals surface area contributed by atoms with E-state index in [1.807, 2.05) is 6.07 Å². The second kappa shape index (κ2) is 6.73. The van der Waals surface area contributed by atoms with Gasteiger partial charge in [-0.2, -0.15) is 0 Å². The van der Waals surface area contributed by atoms with Gasteiger partial charge in [-0.3, -0.25) is 0 Å². The van der Waals surface area contributed by atoms with Gasteiger partial charge in [-0.1, -0.05) is 63.2 Å². The molecular formula is C24H28ClN3. The Kier molecular flexibility index (Phi) is 4.62. The molecule has 2 bridgehead atoms. The van der Waals surface area contributed by atoms with Gasteiger partial charge in [0, 0.05) is 23.5 Å². The van der Waals surface area contributed by atoms with Crippen molar-refractivity contribution >= 4 is 29.1 Å². The maximum Gasteiger partial charge on any atom is 0.162 e. The molecule has 2 aromatic carbocycles. The van der Waals surface area contributed by atoms with Crippen LogP contribution in [-0.2, 0) is 0 Å². The number of benzene rings is 2. The number of halogens is 1. The second-order valence-corrected chi connectivity index (χ2v) is 9.60. The summed E-state index contributed by atoms with van der Waals surface area (Å²) in [6.07, 6.45) is 3.80.